The van der Waals surface area contributed by atoms with Gasteiger partial charge in [-0.1, -0.05) is 30.3 Å². The fourth-order valence-electron chi connectivity index (χ4n) is 4.39. The summed E-state index contributed by atoms with van der Waals surface area (Å²) in [5, 5.41) is 0. The van der Waals surface area contributed by atoms with Crippen LogP contribution < -0.4 is 0 Å². The minimum atomic E-state index is -0.194. The van der Waals surface area contributed by atoms with Gasteiger partial charge >= 0.3 is 6.09 Å². The zero-order chi connectivity index (χ0) is 20.1. The molecule has 1 unspecified atom stereocenters. The fraction of sp³-hybridized carbons (Fsp3) is 0.522. The largest absolute Gasteiger partial charge is 0.445 e. The number of aromatic nitrogens is 1. The van der Waals surface area contributed by atoms with Gasteiger partial charge in [0.1, 0.15) is 6.61 Å². The van der Waals surface area contributed by atoms with Gasteiger partial charge in [0.05, 0.1) is 19.3 Å². The second-order valence-corrected chi connectivity index (χ2v) is 8.10. The Labute approximate surface area is 173 Å². The Balaban J connectivity index is 1.26. The van der Waals surface area contributed by atoms with Crippen molar-refractivity contribution in [1.29, 1.82) is 0 Å². The third-order valence-electron chi connectivity index (χ3n) is 6.14. The molecule has 4 rings (SSSR count). The number of hydrogen-bond donors (Lipinski definition) is 0. The summed E-state index contributed by atoms with van der Waals surface area (Å²) in [7, 11) is 2.10. The van der Waals surface area contributed by atoms with Gasteiger partial charge in [0.2, 0.25) is 0 Å². The number of carbonyl (C=O) groups excluding carboxylic acids is 1. The van der Waals surface area contributed by atoms with Crippen LogP contribution in [0.3, 0.4) is 0 Å². The average Bonchev–Trinajstić information content (AvgIpc) is 3.19. The van der Waals surface area contributed by atoms with Crippen molar-refractivity contribution in [3.05, 3.63) is 59.9 Å². The highest BCUT2D eigenvalue weighted by Gasteiger charge is 2.30. The summed E-state index contributed by atoms with van der Waals surface area (Å²) in [6, 6.07) is 14.5. The lowest BCUT2D eigenvalue weighted by atomic mass is 9.95. The highest BCUT2D eigenvalue weighted by Crippen LogP contribution is 2.28. The quantitative estimate of drug-likeness (QED) is 0.775. The van der Waals surface area contributed by atoms with E-state index in [-0.39, 0.29) is 6.09 Å². The van der Waals surface area contributed by atoms with Crippen molar-refractivity contribution in [2.24, 2.45) is 13.0 Å². The summed E-state index contributed by atoms with van der Waals surface area (Å²) in [4.78, 5) is 16.8. The molecule has 2 saturated heterocycles. The van der Waals surface area contributed by atoms with Crippen molar-refractivity contribution in [2.75, 3.05) is 39.4 Å². The molecule has 2 aromatic rings. The first-order chi connectivity index (χ1) is 14.2. The molecule has 0 aliphatic carbocycles. The Hall–Kier alpha value is -2.31. The molecule has 1 atom stereocenters. The first-order valence-corrected chi connectivity index (χ1v) is 10.6. The van der Waals surface area contributed by atoms with Crippen molar-refractivity contribution >= 4 is 6.09 Å². The van der Waals surface area contributed by atoms with Gasteiger partial charge in [-0.15, -0.1) is 0 Å². The minimum Gasteiger partial charge on any atom is -0.445 e. The van der Waals surface area contributed by atoms with Gasteiger partial charge in [-0.2, -0.15) is 0 Å². The predicted molar refractivity (Wildman–Crippen MR) is 111 cm³/mol. The average molecular weight is 398 g/mol. The molecular formula is C23H31N3O3. The fourth-order valence-corrected chi connectivity index (χ4v) is 4.39. The summed E-state index contributed by atoms with van der Waals surface area (Å²) >= 11 is 0. The van der Waals surface area contributed by atoms with Crippen LogP contribution in [0.15, 0.2) is 48.7 Å². The van der Waals surface area contributed by atoms with E-state index in [1.165, 1.54) is 5.69 Å². The van der Waals surface area contributed by atoms with Gasteiger partial charge < -0.3 is 18.9 Å². The third kappa shape index (κ3) is 5.00. The summed E-state index contributed by atoms with van der Waals surface area (Å²) in [6.45, 7) is 5.47. The number of amides is 1. The summed E-state index contributed by atoms with van der Waals surface area (Å²) in [5.74, 6) is 0.606. The van der Waals surface area contributed by atoms with E-state index in [1.807, 2.05) is 35.2 Å². The number of benzene rings is 1. The third-order valence-corrected chi connectivity index (χ3v) is 6.14. The van der Waals surface area contributed by atoms with Crippen LogP contribution in [0.5, 0.6) is 0 Å². The maximum absolute atomic E-state index is 12.4. The topological polar surface area (TPSA) is 46.9 Å². The molecule has 2 aliphatic heterocycles. The maximum Gasteiger partial charge on any atom is 0.410 e. The van der Waals surface area contributed by atoms with Crippen LogP contribution in [0.2, 0.25) is 0 Å². The van der Waals surface area contributed by atoms with E-state index in [9.17, 15) is 4.79 Å². The Morgan fingerprint density at radius 3 is 2.62 bits per heavy atom. The molecule has 3 heterocycles. The Bertz CT molecular complexity index is 784. The Morgan fingerprint density at radius 1 is 1.10 bits per heavy atom. The number of ether oxygens (including phenoxy) is 2. The number of nitrogens with zero attached hydrogens (tertiary/aromatic N) is 3. The Morgan fingerprint density at radius 2 is 1.90 bits per heavy atom. The molecule has 2 aliphatic rings. The van der Waals surface area contributed by atoms with Crippen LogP contribution in [0, 0.1) is 5.92 Å². The van der Waals surface area contributed by atoms with E-state index in [4.69, 9.17) is 9.47 Å². The SMILES string of the molecule is Cn1cccc1C1COCCN1CC1CCN(C(=O)OCc2ccccc2)CC1. The van der Waals surface area contributed by atoms with Gasteiger partial charge in [-0.3, -0.25) is 4.90 Å². The molecule has 1 aromatic heterocycles. The van der Waals surface area contributed by atoms with Gasteiger partial charge in [-0.05, 0) is 36.5 Å². The van der Waals surface area contributed by atoms with E-state index in [0.717, 1.165) is 57.8 Å². The van der Waals surface area contributed by atoms with Crippen molar-refractivity contribution in [3.8, 4) is 0 Å². The molecular weight excluding hydrogens is 366 g/mol. The van der Waals surface area contributed by atoms with E-state index >= 15 is 0 Å². The van der Waals surface area contributed by atoms with E-state index in [2.05, 4.69) is 34.8 Å². The lowest BCUT2D eigenvalue weighted by molar-refractivity contribution is -0.0221. The van der Waals surface area contributed by atoms with Gasteiger partial charge in [-0.25, -0.2) is 4.79 Å². The number of hydrogen-bond acceptors (Lipinski definition) is 4. The summed E-state index contributed by atoms with van der Waals surface area (Å²) in [5.41, 5.74) is 2.33. The van der Waals surface area contributed by atoms with Crippen molar-refractivity contribution in [3.63, 3.8) is 0 Å². The maximum atomic E-state index is 12.4. The van der Waals surface area contributed by atoms with Crippen LogP contribution in [0.25, 0.3) is 0 Å². The number of piperidine rings is 1. The lowest BCUT2D eigenvalue weighted by Gasteiger charge is -2.40. The van der Waals surface area contributed by atoms with Crippen LogP contribution in [0.1, 0.15) is 30.1 Å². The first kappa shape index (κ1) is 20.0. The van der Waals surface area contributed by atoms with Crippen LogP contribution >= 0.6 is 0 Å². The molecule has 6 heteroatoms. The first-order valence-electron chi connectivity index (χ1n) is 10.6. The number of aryl methyl sites for hydroxylation is 1. The van der Waals surface area contributed by atoms with Gasteiger partial charge in [0.15, 0.2) is 0 Å². The minimum absolute atomic E-state index is 0.194. The van der Waals surface area contributed by atoms with Crippen molar-refractivity contribution in [2.45, 2.75) is 25.5 Å². The second kappa shape index (κ2) is 9.46. The Kier molecular flexibility index (Phi) is 6.52. The van der Waals surface area contributed by atoms with E-state index < -0.39 is 0 Å². The highest BCUT2D eigenvalue weighted by atomic mass is 16.6. The van der Waals surface area contributed by atoms with E-state index in [1.54, 1.807) is 0 Å². The van der Waals surface area contributed by atoms with Crippen molar-refractivity contribution < 1.29 is 14.3 Å². The van der Waals surface area contributed by atoms with Gasteiger partial charge in [0, 0.05) is 45.1 Å². The molecule has 0 N–H and O–H groups in total. The van der Waals surface area contributed by atoms with Crippen LogP contribution in [-0.4, -0.2) is 59.9 Å². The molecule has 1 aromatic carbocycles. The molecule has 29 heavy (non-hydrogen) atoms. The molecule has 6 nitrogen and oxygen atoms in total. The zero-order valence-electron chi connectivity index (χ0n) is 17.2. The monoisotopic (exact) mass is 397 g/mol. The zero-order valence-corrected chi connectivity index (χ0v) is 17.2. The van der Waals surface area contributed by atoms with Crippen LogP contribution in [0.4, 0.5) is 4.79 Å². The molecule has 2 fully saturated rings. The molecule has 0 saturated carbocycles. The summed E-state index contributed by atoms with van der Waals surface area (Å²) in [6.07, 6.45) is 3.96. The van der Waals surface area contributed by atoms with E-state index in [0.29, 0.717) is 18.6 Å². The van der Waals surface area contributed by atoms with Gasteiger partial charge in [0.25, 0.3) is 0 Å². The van der Waals surface area contributed by atoms with Crippen LogP contribution in [-0.2, 0) is 23.1 Å². The normalized spacial score (nSPS) is 21.3. The van der Waals surface area contributed by atoms with Crippen molar-refractivity contribution in [1.82, 2.24) is 14.4 Å². The number of rotatable bonds is 5. The molecule has 1 amide bonds. The molecule has 156 valence electrons. The molecule has 0 radical (unpaired) electrons. The standard InChI is InChI=1S/C23H31N3O3/c1-24-11-5-8-21(24)22-18-28-15-14-26(22)16-19-9-12-25(13-10-19)23(27)29-17-20-6-3-2-4-7-20/h2-8,11,19,22H,9-10,12-18H2,1H3. The number of morpholine rings is 1. The molecule has 0 spiro atoms. The predicted octanol–water partition coefficient (Wildman–Crippen LogP) is 3.45. The number of carbonyl (C=O) groups is 1. The lowest BCUT2D eigenvalue weighted by Crippen LogP contribution is -2.46. The number of likely N-dealkylation sites (tertiary alicyclic amines) is 1. The second-order valence-electron chi connectivity index (χ2n) is 8.10. The summed E-state index contributed by atoms with van der Waals surface area (Å²) < 4.78 is 13.4. The smallest absolute Gasteiger partial charge is 0.410 e. The highest BCUT2D eigenvalue weighted by molar-refractivity contribution is 5.67. The molecule has 0 bridgehead atoms.